The third-order valence-electron chi connectivity index (χ3n) is 4.66. The molecule has 0 aromatic heterocycles. The predicted octanol–water partition coefficient (Wildman–Crippen LogP) is 4.75. The van der Waals surface area contributed by atoms with Gasteiger partial charge in [-0.15, -0.1) is 11.8 Å². The average molecular weight is 316 g/mol. The zero-order chi connectivity index (χ0) is 14.3. The van der Waals surface area contributed by atoms with Gasteiger partial charge < -0.3 is 5.32 Å². The molecule has 21 heavy (non-hydrogen) atoms. The number of thioether (sulfide) groups is 1. The summed E-state index contributed by atoms with van der Waals surface area (Å²) < 4.78 is 0.298. The Kier molecular flexibility index (Phi) is 3.49. The highest BCUT2D eigenvalue weighted by atomic mass is 35.5. The highest BCUT2D eigenvalue weighted by molar-refractivity contribution is 8.01. The van der Waals surface area contributed by atoms with Crippen molar-refractivity contribution >= 4 is 23.4 Å². The van der Waals surface area contributed by atoms with Crippen molar-refractivity contribution in [2.24, 2.45) is 0 Å². The molecule has 1 nitrogen and oxygen atoms in total. The first-order valence-corrected chi connectivity index (χ1v) is 8.78. The Balaban J connectivity index is 1.79. The van der Waals surface area contributed by atoms with Gasteiger partial charge in [0.2, 0.25) is 0 Å². The van der Waals surface area contributed by atoms with Gasteiger partial charge in [0.05, 0.1) is 5.25 Å². The predicted molar refractivity (Wildman–Crippen MR) is 91.1 cm³/mol. The summed E-state index contributed by atoms with van der Waals surface area (Å²) in [5.74, 6) is 0. The van der Waals surface area contributed by atoms with E-state index in [2.05, 4.69) is 53.5 Å². The Labute approximate surface area is 135 Å². The van der Waals surface area contributed by atoms with Crippen LogP contribution in [0.3, 0.4) is 0 Å². The fourth-order valence-corrected chi connectivity index (χ4v) is 5.55. The number of piperidine rings is 1. The van der Waals surface area contributed by atoms with Crippen LogP contribution >= 0.6 is 23.4 Å². The fraction of sp³-hybridized carbons (Fsp3) is 0.333. The quantitative estimate of drug-likeness (QED) is 0.814. The Morgan fingerprint density at radius 1 is 1.00 bits per heavy atom. The highest BCUT2D eigenvalue weighted by Gasteiger charge is 2.45. The number of hydrogen-bond donors (Lipinski definition) is 1. The standard InChI is InChI=1S/C18H18ClNS/c19-14-7-5-13(6-8-14)17-15-3-1-2-4-16(15)18(21-17)9-11-20-12-10-18/h1-8,17,20H,9-12H2/t17-/m1/s1. The Morgan fingerprint density at radius 2 is 1.71 bits per heavy atom. The zero-order valence-corrected chi connectivity index (χ0v) is 13.4. The molecular formula is C18H18ClNS. The van der Waals surface area contributed by atoms with E-state index in [0.717, 1.165) is 18.1 Å². The second-order valence-corrected chi connectivity index (χ2v) is 7.81. The van der Waals surface area contributed by atoms with Gasteiger partial charge in [-0.3, -0.25) is 0 Å². The average Bonchev–Trinajstić information content (AvgIpc) is 2.84. The Morgan fingerprint density at radius 3 is 2.48 bits per heavy atom. The molecule has 0 amide bonds. The van der Waals surface area contributed by atoms with E-state index in [1.807, 2.05) is 12.1 Å². The van der Waals surface area contributed by atoms with Gasteiger partial charge in [-0.2, -0.15) is 0 Å². The SMILES string of the molecule is Clc1ccc([C@H]2SC3(CCNCC3)c3ccccc32)cc1. The van der Waals surface area contributed by atoms with Crippen LogP contribution in [0.5, 0.6) is 0 Å². The van der Waals surface area contributed by atoms with Crippen LogP contribution in [0.4, 0.5) is 0 Å². The second kappa shape index (κ2) is 5.35. The Bertz CT molecular complexity index is 647. The van der Waals surface area contributed by atoms with E-state index in [0.29, 0.717) is 10.00 Å². The summed E-state index contributed by atoms with van der Waals surface area (Å²) in [6.07, 6.45) is 2.44. The van der Waals surface area contributed by atoms with Gasteiger partial charge in [0.1, 0.15) is 0 Å². The third-order valence-corrected chi connectivity index (χ3v) is 6.75. The lowest BCUT2D eigenvalue weighted by Crippen LogP contribution is -2.36. The van der Waals surface area contributed by atoms with Crippen molar-refractivity contribution < 1.29 is 0 Å². The van der Waals surface area contributed by atoms with E-state index in [4.69, 9.17) is 11.6 Å². The van der Waals surface area contributed by atoms with Gasteiger partial charge in [-0.05, 0) is 54.8 Å². The first kappa shape index (κ1) is 13.7. The molecule has 0 radical (unpaired) electrons. The molecule has 1 fully saturated rings. The summed E-state index contributed by atoms with van der Waals surface area (Å²) in [4.78, 5) is 0. The van der Waals surface area contributed by atoms with E-state index in [9.17, 15) is 0 Å². The van der Waals surface area contributed by atoms with Gasteiger partial charge in [0, 0.05) is 9.77 Å². The van der Waals surface area contributed by atoms with Gasteiger partial charge in [-0.1, -0.05) is 48.0 Å². The number of benzene rings is 2. The van der Waals surface area contributed by atoms with Crippen LogP contribution in [0.25, 0.3) is 0 Å². The molecular weight excluding hydrogens is 298 g/mol. The molecule has 4 rings (SSSR count). The van der Waals surface area contributed by atoms with Crippen LogP contribution in [0.1, 0.15) is 34.8 Å². The lowest BCUT2D eigenvalue weighted by atomic mass is 9.85. The maximum Gasteiger partial charge on any atom is 0.0558 e. The van der Waals surface area contributed by atoms with Crippen LogP contribution in [0, 0.1) is 0 Å². The van der Waals surface area contributed by atoms with Crippen molar-refractivity contribution in [1.29, 1.82) is 0 Å². The molecule has 0 bridgehead atoms. The molecule has 108 valence electrons. The van der Waals surface area contributed by atoms with Crippen LogP contribution in [-0.4, -0.2) is 13.1 Å². The molecule has 0 aliphatic carbocycles. The normalized spacial score (nSPS) is 23.2. The highest BCUT2D eigenvalue weighted by Crippen LogP contribution is 2.60. The first-order chi connectivity index (χ1) is 10.3. The number of hydrogen-bond acceptors (Lipinski definition) is 2. The summed E-state index contributed by atoms with van der Waals surface area (Å²) in [6.45, 7) is 2.24. The van der Waals surface area contributed by atoms with Crippen molar-refractivity contribution in [3.05, 3.63) is 70.2 Å². The van der Waals surface area contributed by atoms with Crippen molar-refractivity contribution in [3.63, 3.8) is 0 Å². The molecule has 1 atom stereocenters. The van der Waals surface area contributed by atoms with E-state index in [-0.39, 0.29) is 0 Å². The minimum Gasteiger partial charge on any atom is -0.317 e. The minimum absolute atomic E-state index is 0.298. The molecule has 0 unspecified atom stereocenters. The molecule has 1 saturated heterocycles. The number of nitrogens with one attached hydrogen (secondary N) is 1. The van der Waals surface area contributed by atoms with E-state index < -0.39 is 0 Å². The molecule has 2 aliphatic heterocycles. The second-order valence-electron chi connectivity index (χ2n) is 5.88. The van der Waals surface area contributed by atoms with Gasteiger partial charge in [-0.25, -0.2) is 0 Å². The van der Waals surface area contributed by atoms with Crippen molar-refractivity contribution in [1.82, 2.24) is 5.32 Å². The van der Waals surface area contributed by atoms with Crippen LogP contribution in [0.2, 0.25) is 5.02 Å². The molecule has 3 heteroatoms. The monoisotopic (exact) mass is 315 g/mol. The molecule has 1 spiro atoms. The summed E-state index contributed by atoms with van der Waals surface area (Å²) in [5, 5.41) is 4.75. The van der Waals surface area contributed by atoms with E-state index in [1.165, 1.54) is 24.0 Å². The maximum absolute atomic E-state index is 6.05. The molecule has 2 aromatic carbocycles. The lowest BCUT2D eigenvalue weighted by molar-refractivity contribution is 0.427. The molecule has 1 N–H and O–H groups in total. The third kappa shape index (κ3) is 2.30. The summed E-state index contributed by atoms with van der Waals surface area (Å²) in [6, 6.07) is 17.4. The van der Waals surface area contributed by atoms with E-state index >= 15 is 0 Å². The zero-order valence-electron chi connectivity index (χ0n) is 11.8. The largest absolute Gasteiger partial charge is 0.317 e. The lowest BCUT2D eigenvalue weighted by Gasteiger charge is -2.34. The van der Waals surface area contributed by atoms with Crippen molar-refractivity contribution in [3.8, 4) is 0 Å². The first-order valence-electron chi connectivity index (χ1n) is 7.52. The van der Waals surface area contributed by atoms with Gasteiger partial charge in [0.15, 0.2) is 0 Å². The van der Waals surface area contributed by atoms with Gasteiger partial charge in [0.25, 0.3) is 0 Å². The molecule has 2 aromatic rings. The van der Waals surface area contributed by atoms with Gasteiger partial charge >= 0.3 is 0 Å². The Hall–Kier alpha value is -0.960. The maximum atomic E-state index is 6.05. The van der Waals surface area contributed by atoms with Crippen molar-refractivity contribution in [2.75, 3.05) is 13.1 Å². The number of rotatable bonds is 1. The molecule has 0 saturated carbocycles. The molecule has 2 heterocycles. The van der Waals surface area contributed by atoms with Crippen LogP contribution in [-0.2, 0) is 4.75 Å². The van der Waals surface area contributed by atoms with Crippen LogP contribution < -0.4 is 5.32 Å². The van der Waals surface area contributed by atoms with Crippen LogP contribution in [0.15, 0.2) is 48.5 Å². The smallest absolute Gasteiger partial charge is 0.0558 e. The fourth-order valence-electron chi connectivity index (χ4n) is 3.60. The van der Waals surface area contributed by atoms with E-state index in [1.54, 1.807) is 5.56 Å². The topological polar surface area (TPSA) is 12.0 Å². The summed E-state index contributed by atoms with van der Waals surface area (Å²) in [7, 11) is 0. The molecule has 2 aliphatic rings. The number of fused-ring (bicyclic) bond motifs is 2. The summed E-state index contributed by atoms with van der Waals surface area (Å²) >= 11 is 8.18. The van der Waals surface area contributed by atoms with Crippen molar-refractivity contribution in [2.45, 2.75) is 22.8 Å². The number of halogens is 1. The minimum atomic E-state index is 0.298. The summed E-state index contributed by atoms with van der Waals surface area (Å²) in [5.41, 5.74) is 4.41.